The van der Waals surface area contributed by atoms with Gasteiger partial charge in [0, 0.05) is 28.8 Å². The lowest BCUT2D eigenvalue weighted by molar-refractivity contribution is -0.121. The first kappa shape index (κ1) is 21.0. The second kappa shape index (κ2) is 8.93. The van der Waals surface area contributed by atoms with Gasteiger partial charge >= 0.3 is 0 Å². The Morgan fingerprint density at radius 1 is 1.25 bits per heavy atom. The molecule has 4 aromatic rings. The van der Waals surface area contributed by atoms with Crippen molar-refractivity contribution < 1.29 is 14.3 Å². The van der Waals surface area contributed by atoms with Crippen LogP contribution in [-0.4, -0.2) is 28.7 Å². The van der Waals surface area contributed by atoms with Crippen LogP contribution in [0.2, 0.25) is 5.02 Å². The van der Waals surface area contributed by atoms with Crippen molar-refractivity contribution in [3.05, 3.63) is 62.3 Å². The molecular weight excluding hydrogens is 470 g/mol. The van der Waals surface area contributed by atoms with Crippen molar-refractivity contribution in [1.29, 1.82) is 0 Å². The maximum atomic E-state index is 13.1. The highest BCUT2D eigenvalue weighted by Crippen LogP contribution is 2.38. The Hall–Kier alpha value is -2.88. The van der Waals surface area contributed by atoms with E-state index in [4.69, 9.17) is 21.1 Å². The van der Waals surface area contributed by atoms with Crippen LogP contribution in [0.4, 0.5) is 0 Å². The van der Waals surface area contributed by atoms with Gasteiger partial charge in [-0.3, -0.25) is 14.2 Å². The Morgan fingerprint density at radius 3 is 2.97 bits per heavy atom. The number of benzene rings is 1. The average Bonchev–Trinajstić information content (AvgIpc) is 3.40. The van der Waals surface area contributed by atoms with Crippen LogP contribution in [0.3, 0.4) is 0 Å². The smallest absolute Gasteiger partial charge is 0.263 e. The number of ether oxygens (including phenoxy) is 2. The number of halogens is 1. The van der Waals surface area contributed by atoms with Crippen molar-refractivity contribution in [2.45, 2.75) is 19.5 Å². The summed E-state index contributed by atoms with van der Waals surface area (Å²) < 4.78 is 12.7. The van der Waals surface area contributed by atoms with Gasteiger partial charge in [0.15, 0.2) is 11.5 Å². The van der Waals surface area contributed by atoms with Crippen LogP contribution in [0.15, 0.2) is 46.1 Å². The third-order valence-electron chi connectivity index (χ3n) is 5.01. The van der Waals surface area contributed by atoms with Crippen LogP contribution in [0.1, 0.15) is 12.0 Å². The lowest BCUT2D eigenvalue weighted by Crippen LogP contribution is -2.32. The van der Waals surface area contributed by atoms with Crippen LogP contribution >= 0.6 is 34.3 Å². The predicted octanol–water partition coefficient (Wildman–Crippen LogP) is 4.32. The molecule has 10 heteroatoms. The van der Waals surface area contributed by atoms with Crippen LogP contribution in [0, 0.1) is 0 Å². The van der Waals surface area contributed by atoms with E-state index in [-0.39, 0.29) is 24.6 Å². The van der Waals surface area contributed by atoms with Crippen LogP contribution < -0.4 is 20.3 Å². The Bertz CT molecular complexity index is 1350. The Balaban J connectivity index is 1.32. The van der Waals surface area contributed by atoms with Crippen molar-refractivity contribution in [1.82, 2.24) is 14.9 Å². The van der Waals surface area contributed by atoms with Gasteiger partial charge in [-0.1, -0.05) is 17.7 Å². The van der Waals surface area contributed by atoms with Gasteiger partial charge in [0.25, 0.3) is 5.56 Å². The van der Waals surface area contributed by atoms with E-state index in [1.807, 2.05) is 29.0 Å². The quantitative estimate of drug-likeness (QED) is 0.453. The fourth-order valence-electron chi connectivity index (χ4n) is 3.49. The minimum atomic E-state index is -0.301. The topological polar surface area (TPSA) is 82.5 Å². The molecule has 0 aliphatic carbocycles. The SMILES string of the molecule is O=C(Cn1cnc2scc(-c3cccs3)c2c1=O)NCc1cc(Cl)c2c(c1)OCCCO2. The number of amides is 1. The van der Waals surface area contributed by atoms with Crippen molar-refractivity contribution in [3.63, 3.8) is 0 Å². The van der Waals surface area contributed by atoms with E-state index in [0.717, 1.165) is 22.4 Å². The van der Waals surface area contributed by atoms with E-state index in [0.29, 0.717) is 40.0 Å². The molecule has 0 saturated heterocycles. The van der Waals surface area contributed by atoms with Gasteiger partial charge in [-0.25, -0.2) is 4.98 Å². The summed E-state index contributed by atoms with van der Waals surface area (Å²) in [5, 5.41) is 7.72. The number of fused-ring (bicyclic) bond motifs is 2. The molecule has 1 aliphatic rings. The number of hydrogen-bond acceptors (Lipinski definition) is 7. The first-order chi connectivity index (χ1) is 15.6. The fourth-order valence-corrected chi connectivity index (χ4v) is 5.50. The van der Waals surface area contributed by atoms with Crippen LogP contribution in [0.25, 0.3) is 20.7 Å². The van der Waals surface area contributed by atoms with Crippen molar-refractivity contribution in [2.75, 3.05) is 13.2 Å². The molecule has 4 heterocycles. The molecule has 0 radical (unpaired) electrons. The number of carbonyl (C=O) groups excluding carboxylic acids is 1. The van der Waals surface area contributed by atoms with Gasteiger partial charge in [0.2, 0.25) is 5.91 Å². The monoisotopic (exact) mass is 487 g/mol. The maximum absolute atomic E-state index is 13.1. The Labute approximate surface area is 196 Å². The van der Waals surface area contributed by atoms with Crippen molar-refractivity contribution >= 4 is 50.4 Å². The van der Waals surface area contributed by atoms with Crippen molar-refractivity contribution in [2.24, 2.45) is 0 Å². The number of nitrogens with zero attached hydrogens (tertiary/aromatic N) is 2. The average molecular weight is 488 g/mol. The highest BCUT2D eigenvalue weighted by Gasteiger charge is 2.17. The predicted molar refractivity (Wildman–Crippen MR) is 126 cm³/mol. The molecule has 3 aromatic heterocycles. The van der Waals surface area contributed by atoms with Gasteiger partial charge in [-0.15, -0.1) is 22.7 Å². The summed E-state index contributed by atoms with van der Waals surface area (Å²) in [6.45, 7) is 1.22. The highest BCUT2D eigenvalue weighted by molar-refractivity contribution is 7.18. The number of nitrogens with one attached hydrogen (secondary N) is 1. The van der Waals surface area contributed by atoms with E-state index in [9.17, 15) is 9.59 Å². The van der Waals surface area contributed by atoms with Gasteiger partial charge in [-0.05, 0) is 29.1 Å². The molecule has 0 saturated carbocycles. The summed E-state index contributed by atoms with van der Waals surface area (Å²) in [5.41, 5.74) is 1.41. The summed E-state index contributed by atoms with van der Waals surface area (Å²) in [5.74, 6) is 0.801. The summed E-state index contributed by atoms with van der Waals surface area (Å²) in [7, 11) is 0. The zero-order valence-electron chi connectivity index (χ0n) is 16.8. The maximum Gasteiger partial charge on any atom is 0.263 e. The summed E-state index contributed by atoms with van der Waals surface area (Å²) in [6.07, 6.45) is 2.20. The lowest BCUT2D eigenvalue weighted by atomic mass is 10.2. The minimum Gasteiger partial charge on any atom is -0.489 e. The summed E-state index contributed by atoms with van der Waals surface area (Å²) in [6, 6.07) is 7.47. The molecule has 0 spiro atoms. The second-order valence-electron chi connectivity index (χ2n) is 7.22. The highest BCUT2D eigenvalue weighted by atomic mass is 35.5. The number of aromatic nitrogens is 2. The fraction of sp³-hybridized carbons (Fsp3) is 0.227. The van der Waals surface area contributed by atoms with Crippen LogP contribution in [-0.2, 0) is 17.9 Å². The minimum absolute atomic E-state index is 0.125. The molecule has 1 aliphatic heterocycles. The molecule has 7 nitrogen and oxygen atoms in total. The molecule has 0 atom stereocenters. The normalized spacial score (nSPS) is 13.2. The van der Waals surface area contributed by atoms with Gasteiger partial charge in [0.1, 0.15) is 11.4 Å². The standard InChI is InChI=1S/C22H18ClN3O4S2/c23-15-7-13(8-16-20(15)30-5-2-4-29-16)9-24-18(27)10-26-12-25-21-19(22(26)28)14(11-32-21)17-3-1-6-31-17/h1,3,6-8,11-12H,2,4-5,9-10H2,(H,24,27). The van der Waals surface area contributed by atoms with E-state index in [1.165, 1.54) is 22.2 Å². The molecule has 1 amide bonds. The molecule has 164 valence electrons. The molecule has 32 heavy (non-hydrogen) atoms. The first-order valence-electron chi connectivity index (χ1n) is 9.95. The molecule has 0 fully saturated rings. The molecule has 0 bridgehead atoms. The molecular formula is C22H18ClN3O4S2. The third-order valence-corrected chi connectivity index (χ3v) is 7.08. The zero-order valence-corrected chi connectivity index (χ0v) is 19.2. The lowest BCUT2D eigenvalue weighted by Gasteiger charge is -2.12. The van der Waals surface area contributed by atoms with Gasteiger partial charge in [0.05, 0.1) is 29.9 Å². The Morgan fingerprint density at radius 2 is 2.12 bits per heavy atom. The van der Waals surface area contributed by atoms with Crippen LogP contribution in [0.5, 0.6) is 11.5 Å². The molecule has 1 N–H and O–H groups in total. The molecule has 0 unspecified atom stereocenters. The van der Waals surface area contributed by atoms with E-state index >= 15 is 0 Å². The summed E-state index contributed by atoms with van der Waals surface area (Å²) in [4.78, 5) is 31.7. The molecule has 1 aromatic carbocycles. The van der Waals surface area contributed by atoms with E-state index in [1.54, 1.807) is 17.4 Å². The van der Waals surface area contributed by atoms with Gasteiger partial charge in [-0.2, -0.15) is 0 Å². The number of hydrogen-bond donors (Lipinski definition) is 1. The number of thiophene rings is 2. The molecule has 5 rings (SSSR count). The number of carbonyl (C=O) groups is 1. The van der Waals surface area contributed by atoms with E-state index < -0.39 is 0 Å². The summed E-state index contributed by atoms with van der Waals surface area (Å²) >= 11 is 9.30. The zero-order chi connectivity index (χ0) is 22.1. The Kier molecular flexibility index (Phi) is 5.86. The van der Waals surface area contributed by atoms with E-state index in [2.05, 4.69) is 10.3 Å². The largest absolute Gasteiger partial charge is 0.489 e. The van der Waals surface area contributed by atoms with Gasteiger partial charge < -0.3 is 14.8 Å². The first-order valence-corrected chi connectivity index (χ1v) is 12.1. The third kappa shape index (κ3) is 4.11. The second-order valence-corrected chi connectivity index (χ2v) is 9.43. The van der Waals surface area contributed by atoms with Crippen molar-refractivity contribution in [3.8, 4) is 21.9 Å². The number of rotatable bonds is 5.